The zero-order valence-electron chi connectivity index (χ0n) is 10.9. The van der Waals surface area contributed by atoms with Crippen LogP contribution in [0.3, 0.4) is 0 Å². The van der Waals surface area contributed by atoms with Crippen LogP contribution in [0.4, 0.5) is 0 Å². The van der Waals surface area contributed by atoms with Crippen LogP contribution in [-0.4, -0.2) is 19.7 Å². The van der Waals surface area contributed by atoms with E-state index in [9.17, 15) is 0 Å². The smallest absolute Gasteiger partial charge is 0.119 e. The molecule has 0 aliphatic rings. The van der Waals surface area contributed by atoms with E-state index >= 15 is 0 Å². The summed E-state index contributed by atoms with van der Waals surface area (Å²) in [7, 11) is 0. The van der Waals surface area contributed by atoms with Crippen LogP contribution in [0.2, 0.25) is 5.02 Å². The lowest BCUT2D eigenvalue weighted by Crippen LogP contribution is -2.23. The van der Waals surface area contributed by atoms with Gasteiger partial charge in [-0.1, -0.05) is 25.4 Å². The van der Waals surface area contributed by atoms with E-state index in [1.165, 1.54) is 6.42 Å². The highest BCUT2D eigenvalue weighted by molar-refractivity contribution is 6.31. The van der Waals surface area contributed by atoms with Gasteiger partial charge in [0.25, 0.3) is 0 Å². The Hall–Kier alpha value is -0.730. The van der Waals surface area contributed by atoms with Crippen LogP contribution in [0, 0.1) is 12.8 Å². The molecule has 3 heteroatoms. The minimum absolute atomic E-state index is 0.694. The van der Waals surface area contributed by atoms with Gasteiger partial charge >= 0.3 is 0 Å². The summed E-state index contributed by atoms with van der Waals surface area (Å²) in [6, 6.07) is 5.75. The van der Waals surface area contributed by atoms with E-state index in [2.05, 4.69) is 19.2 Å². The first kappa shape index (κ1) is 14.3. The van der Waals surface area contributed by atoms with Crippen LogP contribution in [-0.2, 0) is 0 Å². The van der Waals surface area contributed by atoms with Crippen molar-refractivity contribution in [3.05, 3.63) is 28.8 Å². The van der Waals surface area contributed by atoms with Crippen molar-refractivity contribution in [2.75, 3.05) is 19.7 Å². The molecule has 0 aliphatic carbocycles. The van der Waals surface area contributed by atoms with Gasteiger partial charge in [0.05, 0.1) is 0 Å². The fourth-order valence-electron chi connectivity index (χ4n) is 1.46. The van der Waals surface area contributed by atoms with Crippen LogP contribution < -0.4 is 10.1 Å². The molecule has 0 aliphatic heterocycles. The van der Waals surface area contributed by atoms with Gasteiger partial charge in [-0.05, 0) is 49.6 Å². The van der Waals surface area contributed by atoms with Gasteiger partial charge in [0.15, 0.2) is 0 Å². The number of halogens is 1. The number of hydrogen-bond acceptors (Lipinski definition) is 2. The van der Waals surface area contributed by atoms with Crippen LogP contribution in [0.5, 0.6) is 5.75 Å². The molecule has 1 N–H and O–H groups in total. The fourth-order valence-corrected chi connectivity index (χ4v) is 1.58. The van der Waals surface area contributed by atoms with Crippen molar-refractivity contribution < 1.29 is 4.74 Å². The van der Waals surface area contributed by atoms with Gasteiger partial charge in [-0.2, -0.15) is 0 Å². The molecular formula is C14H22ClNO. The van der Waals surface area contributed by atoms with Gasteiger partial charge in [-0.3, -0.25) is 0 Å². The molecule has 0 saturated heterocycles. The van der Waals surface area contributed by atoms with E-state index in [1.54, 1.807) is 0 Å². The Morgan fingerprint density at radius 3 is 2.71 bits per heavy atom. The molecule has 2 nitrogen and oxygen atoms in total. The van der Waals surface area contributed by atoms with Gasteiger partial charge in [-0.15, -0.1) is 0 Å². The predicted molar refractivity (Wildman–Crippen MR) is 74.0 cm³/mol. The molecule has 0 bridgehead atoms. The Bertz CT molecular complexity index is 339. The van der Waals surface area contributed by atoms with Crippen LogP contribution in [0.1, 0.15) is 25.8 Å². The minimum atomic E-state index is 0.694. The third-order valence-corrected chi connectivity index (χ3v) is 3.00. The molecule has 96 valence electrons. The second-order valence-corrected chi connectivity index (χ2v) is 5.10. The maximum absolute atomic E-state index is 5.94. The molecule has 0 radical (unpaired) electrons. The molecule has 0 atom stereocenters. The standard InChI is InChI=1S/C14H22ClNO/c1-11(2)6-7-16-8-9-17-13-4-5-14(15)12(3)10-13/h4-5,10-11,16H,6-9H2,1-3H3. The quantitative estimate of drug-likeness (QED) is 0.751. The third-order valence-electron chi connectivity index (χ3n) is 2.58. The van der Waals surface area contributed by atoms with Gasteiger partial charge in [0, 0.05) is 11.6 Å². The van der Waals surface area contributed by atoms with Gasteiger partial charge in [0.1, 0.15) is 12.4 Å². The summed E-state index contributed by atoms with van der Waals surface area (Å²) < 4.78 is 5.63. The van der Waals surface area contributed by atoms with Gasteiger partial charge in [0.2, 0.25) is 0 Å². The zero-order valence-corrected chi connectivity index (χ0v) is 11.7. The predicted octanol–water partition coefficient (Wildman–Crippen LogP) is 3.66. The van der Waals surface area contributed by atoms with E-state index < -0.39 is 0 Å². The second kappa shape index (κ2) is 7.57. The van der Waals surface area contributed by atoms with E-state index in [0.29, 0.717) is 6.61 Å². The van der Waals surface area contributed by atoms with Crippen molar-refractivity contribution in [2.24, 2.45) is 5.92 Å². The largest absolute Gasteiger partial charge is 0.492 e. The van der Waals surface area contributed by atoms with Crippen molar-refractivity contribution >= 4 is 11.6 Å². The molecule has 0 amide bonds. The van der Waals surface area contributed by atoms with Crippen molar-refractivity contribution in [2.45, 2.75) is 27.2 Å². The summed E-state index contributed by atoms with van der Waals surface area (Å²) >= 11 is 5.94. The van der Waals surface area contributed by atoms with Crippen LogP contribution in [0.25, 0.3) is 0 Å². The first-order valence-electron chi connectivity index (χ1n) is 6.19. The lowest BCUT2D eigenvalue weighted by Gasteiger charge is -2.09. The number of rotatable bonds is 7. The zero-order chi connectivity index (χ0) is 12.7. The Balaban J connectivity index is 2.16. The normalized spacial score (nSPS) is 10.9. The molecule has 0 aromatic heterocycles. The van der Waals surface area contributed by atoms with Gasteiger partial charge < -0.3 is 10.1 Å². The molecule has 0 heterocycles. The average Bonchev–Trinajstić information content (AvgIpc) is 2.27. The summed E-state index contributed by atoms with van der Waals surface area (Å²) in [6.45, 7) is 9.08. The molecule has 0 unspecified atom stereocenters. The Morgan fingerprint density at radius 2 is 2.06 bits per heavy atom. The van der Waals surface area contributed by atoms with Crippen molar-refractivity contribution in [1.82, 2.24) is 5.32 Å². The SMILES string of the molecule is Cc1cc(OCCNCCC(C)C)ccc1Cl. The monoisotopic (exact) mass is 255 g/mol. The lowest BCUT2D eigenvalue weighted by molar-refractivity contribution is 0.312. The molecular weight excluding hydrogens is 234 g/mol. The Labute approximate surface area is 109 Å². The maximum Gasteiger partial charge on any atom is 0.119 e. The first-order chi connectivity index (χ1) is 8.09. The van der Waals surface area contributed by atoms with Gasteiger partial charge in [-0.25, -0.2) is 0 Å². The van der Waals surface area contributed by atoms with Crippen molar-refractivity contribution in [3.63, 3.8) is 0 Å². The minimum Gasteiger partial charge on any atom is -0.492 e. The summed E-state index contributed by atoms with van der Waals surface area (Å²) in [5.41, 5.74) is 1.05. The van der Waals surface area contributed by atoms with E-state index in [4.69, 9.17) is 16.3 Å². The van der Waals surface area contributed by atoms with Crippen molar-refractivity contribution in [3.8, 4) is 5.75 Å². The highest BCUT2D eigenvalue weighted by Gasteiger charge is 1.98. The topological polar surface area (TPSA) is 21.3 Å². The van der Waals surface area contributed by atoms with E-state index in [0.717, 1.165) is 35.3 Å². The first-order valence-corrected chi connectivity index (χ1v) is 6.57. The van der Waals surface area contributed by atoms with Crippen molar-refractivity contribution in [1.29, 1.82) is 0 Å². The molecule has 0 spiro atoms. The summed E-state index contributed by atoms with van der Waals surface area (Å²) in [5, 5.41) is 4.15. The Kier molecular flexibility index (Phi) is 6.38. The lowest BCUT2D eigenvalue weighted by atomic mass is 10.1. The van der Waals surface area contributed by atoms with E-state index in [1.807, 2.05) is 25.1 Å². The number of ether oxygens (including phenoxy) is 1. The summed E-state index contributed by atoms with van der Waals surface area (Å²) in [4.78, 5) is 0. The molecule has 1 rings (SSSR count). The number of benzene rings is 1. The molecule has 0 fully saturated rings. The van der Waals surface area contributed by atoms with E-state index in [-0.39, 0.29) is 0 Å². The number of hydrogen-bond donors (Lipinski definition) is 1. The highest BCUT2D eigenvalue weighted by atomic mass is 35.5. The number of aryl methyl sites for hydroxylation is 1. The Morgan fingerprint density at radius 1 is 1.29 bits per heavy atom. The highest BCUT2D eigenvalue weighted by Crippen LogP contribution is 2.20. The second-order valence-electron chi connectivity index (χ2n) is 4.69. The third kappa shape index (κ3) is 5.94. The average molecular weight is 256 g/mol. The molecule has 17 heavy (non-hydrogen) atoms. The molecule has 1 aromatic rings. The fraction of sp³-hybridized carbons (Fsp3) is 0.571. The maximum atomic E-state index is 5.94. The number of nitrogens with one attached hydrogen (secondary N) is 1. The summed E-state index contributed by atoms with van der Waals surface area (Å²) in [6.07, 6.45) is 1.21. The summed E-state index contributed by atoms with van der Waals surface area (Å²) in [5.74, 6) is 1.64. The molecule has 1 aromatic carbocycles. The van der Waals surface area contributed by atoms with Crippen LogP contribution >= 0.6 is 11.6 Å². The molecule has 0 saturated carbocycles. The van der Waals surface area contributed by atoms with Crippen LogP contribution in [0.15, 0.2) is 18.2 Å².